The van der Waals surface area contributed by atoms with Crippen molar-refractivity contribution < 1.29 is 19.1 Å². The van der Waals surface area contributed by atoms with E-state index in [1.54, 1.807) is 24.3 Å². The van der Waals surface area contributed by atoms with E-state index in [0.717, 1.165) is 18.2 Å². The number of hydrogen-bond donors (Lipinski definition) is 2. The first kappa shape index (κ1) is 20.3. The van der Waals surface area contributed by atoms with E-state index in [-0.39, 0.29) is 23.3 Å². The number of halogens is 1. The minimum Gasteiger partial charge on any atom is -0.452 e. The lowest BCUT2D eigenvalue weighted by atomic mass is 10.3. The van der Waals surface area contributed by atoms with Crippen molar-refractivity contribution >= 4 is 46.8 Å². The Morgan fingerprint density at radius 2 is 1.88 bits per heavy atom. The van der Waals surface area contributed by atoms with Crippen molar-refractivity contribution in [1.82, 2.24) is 5.32 Å². The maximum Gasteiger partial charge on any atom is 0.316 e. The monoisotopic (exact) mass is 372 g/mol. The molecule has 0 unspecified atom stereocenters. The molecule has 132 valence electrons. The number of carbonyl (C=O) groups excluding carboxylic acids is 3. The van der Waals surface area contributed by atoms with E-state index < -0.39 is 12.1 Å². The number of rotatable bonds is 9. The predicted molar refractivity (Wildman–Crippen MR) is 96.3 cm³/mol. The summed E-state index contributed by atoms with van der Waals surface area (Å²) in [7, 11) is 0. The van der Waals surface area contributed by atoms with Crippen LogP contribution in [0.4, 0.5) is 5.69 Å². The van der Waals surface area contributed by atoms with Gasteiger partial charge < -0.3 is 15.4 Å². The summed E-state index contributed by atoms with van der Waals surface area (Å²) in [6.45, 7) is 3.99. The van der Waals surface area contributed by atoms with Gasteiger partial charge in [-0.05, 0) is 37.6 Å². The van der Waals surface area contributed by atoms with Gasteiger partial charge >= 0.3 is 5.97 Å². The van der Waals surface area contributed by atoms with Crippen LogP contribution in [0.2, 0.25) is 5.02 Å². The van der Waals surface area contributed by atoms with Crippen LogP contribution in [0.3, 0.4) is 0 Å². The van der Waals surface area contributed by atoms with E-state index in [2.05, 4.69) is 10.6 Å². The fourth-order valence-electron chi connectivity index (χ4n) is 1.63. The minimum atomic E-state index is -0.840. The highest BCUT2D eigenvalue weighted by Crippen LogP contribution is 2.14. The topological polar surface area (TPSA) is 84.5 Å². The Bertz CT molecular complexity index is 566. The molecule has 0 aliphatic heterocycles. The third-order valence-electron chi connectivity index (χ3n) is 2.81. The maximum absolute atomic E-state index is 11.7. The zero-order valence-electron chi connectivity index (χ0n) is 13.6. The van der Waals surface area contributed by atoms with E-state index in [1.165, 1.54) is 6.92 Å². The van der Waals surface area contributed by atoms with Crippen LogP contribution in [0.5, 0.6) is 0 Å². The van der Waals surface area contributed by atoms with Crippen molar-refractivity contribution in [2.24, 2.45) is 0 Å². The number of nitrogens with one attached hydrogen (secondary N) is 2. The Kier molecular flexibility index (Phi) is 9.26. The Hall–Kier alpha value is -1.73. The van der Waals surface area contributed by atoms with E-state index in [1.807, 2.05) is 6.92 Å². The number of anilines is 1. The Morgan fingerprint density at radius 1 is 1.21 bits per heavy atom. The van der Waals surface area contributed by atoms with E-state index in [9.17, 15) is 14.4 Å². The third kappa shape index (κ3) is 8.21. The predicted octanol–water partition coefficient (Wildman–Crippen LogP) is 2.47. The molecular weight excluding hydrogens is 352 g/mol. The molecule has 1 atom stereocenters. The van der Waals surface area contributed by atoms with Crippen molar-refractivity contribution in [1.29, 1.82) is 0 Å². The van der Waals surface area contributed by atoms with Crippen LogP contribution in [0, 0.1) is 0 Å². The quantitative estimate of drug-likeness (QED) is 0.650. The number of benzene rings is 1. The molecule has 8 heteroatoms. The average molecular weight is 373 g/mol. The molecule has 0 spiro atoms. The summed E-state index contributed by atoms with van der Waals surface area (Å²) in [6, 6.07) is 6.73. The maximum atomic E-state index is 11.7. The van der Waals surface area contributed by atoms with Crippen molar-refractivity contribution in [3.63, 3.8) is 0 Å². The summed E-state index contributed by atoms with van der Waals surface area (Å²) in [5.74, 6) is -0.980. The molecule has 0 bridgehead atoms. The Morgan fingerprint density at radius 3 is 2.50 bits per heavy atom. The van der Waals surface area contributed by atoms with Gasteiger partial charge in [0.05, 0.1) is 11.5 Å². The molecule has 1 aromatic rings. The minimum absolute atomic E-state index is 0.000560. The average Bonchev–Trinajstić information content (AvgIpc) is 2.54. The van der Waals surface area contributed by atoms with Crippen LogP contribution in [-0.2, 0) is 19.1 Å². The van der Waals surface area contributed by atoms with Crippen molar-refractivity contribution in [2.75, 3.05) is 23.4 Å². The first-order chi connectivity index (χ1) is 11.4. The van der Waals surface area contributed by atoms with Gasteiger partial charge in [0, 0.05) is 17.3 Å². The molecule has 1 aromatic carbocycles. The number of ether oxygens (including phenoxy) is 1. The summed E-state index contributed by atoms with van der Waals surface area (Å²) >= 11 is 6.88. The number of carbonyl (C=O) groups is 3. The van der Waals surface area contributed by atoms with Gasteiger partial charge in [-0.1, -0.05) is 18.5 Å². The molecule has 0 fully saturated rings. The van der Waals surface area contributed by atoms with Crippen LogP contribution in [0.1, 0.15) is 20.3 Å². The summed E-state index contributed by atoms with van der Waals surface area (Å²) in [4.78, 5) is 35.0. The zero-order valence-corrected chi connectivity index (χ0v) is 15.2. The molecular formula is C16H21ClN2O4S. The number of thioether (sulfide) groups is 1. The van der Waals surface area contributed by atoms with Gasteiger partial charge in [-0.15, -0.1) is 11.8 Å². The SMILES string of the molecule is CCCNC(=O)[C@@H](C)OC(=O)CSCC(=O)Nc1ccc(Cl)cc1. The van der Waals surface area contributed by atoms with Crippen molar-refractivity contribution in [3.8, 4) is 0 Å². The molecule has 24 heavy (non-hydrogen) atoms. The van der Waals surface area contributed by atoms with Gasteiger partial charge in [-0.3, -0.25) is 14.4 Å². The molecule has 0 aliphatic rings. The molecule has 0 radical (unpaired) electrons. The van der Waals surface area contributed by atoms with Gasteiger partial charge in [0.1, 0.15) is 0 Å². The van der Waals surface area contributed by atoms with Crippen LogP contribution >= 0.6 is 23.4 Å². The molecule has 2 amide bonds. The van der Waals surface area contributed by atoms with Crippen LogP contribution in [0.15, 0.2) is 24.3 Å². The van der Waals surface area contributed by atoms with Gasteiger partial charge in [0.15, 0.2) is 6.10 Å². The van der Waals surface area contributed by atoms with Gasteiger partial charge in [-0.25, -0.2) is 0 Å². The number of hydrogen-bond acceptors (Lipinski definition) is 5. The summed E-state index contributed by atoms with van der Waals surface area (Å²) in [5.41, 5.74) is 0.633. The lowest BCUT2D eigenvalue weighted by Crippen LogP contribution is -2.36. The fourth-order valence-corrected chi connectivity index (χ4v) is 2.35. The van der Waals surface area contributed by atoms with Crippen molar-refractivity contribution in [3.05, 3.63) is 29.3 Å². The smallest absolute Gasteiger partial charge is 0.316 e. The van der Waals surface area contributed by atoms with Crippen LogP contribution < -0.4 is 10.6 Å². The molecule has 0 heterocycles. The Labute approximate surface area is 150 Å². The molecule has 6 nitrogen and oxygen atoms in total. The third-order valence-corrected chi connectivity index (χ3v) is 3.97. The largest absolute Gasteiger partial charge is 0.452 e. The second kappa shape index (κ2) is 10.9. The van der Waals surface area contributed by atoms with Crippen molar-refractivity contribution in [2.45, 2.75) is 26.4 Å². The van der Waals surface area contributed by atoms with E-state index in [0.29, 0.717) is 17.3 Å². The summed E-state index contributed by atoms with van der Waals surface area (Å²) < 4.78 is 5.00. The zero-order chi connectivity index (χ0) is 17.9. The lowest BCUT2D eigenvalue weighted by molar-refractivity contribution is -0.152. The highest BCUT2D eigenvalue weighted by molar-refractivity contribution is 8.00. The second-order valence-electron chi connectivity index (χ2n) is 4.97. The molecule has 1 rings (SSSR count). The summed E-state index contributed by atoms with van der Waals surface area (Å²) in [6.07, 6.45) is -0.0297. The molecule has 0 aromatic heterocycles. The highest BCUT2D eigenvalue weighted by atomic mass is 35.5. The first-order valence-corrected chi connectivity index (χ1v) is 9.06. The Balaban J connectivity index is 2.23. The van der Waals surface area contributed by atoms with Crippen LogP contribution in [0.25, 0.3) is 0 Å². The number of amides is 2. The highest BCUT2D eigenvalue weighted by Gasteiger charge is 2.17. The lowest BCUT2D eigenvalue weighted by Gasteiger charge is -2.13. The van der Waals surface area contributed by atoms with E-state index >= 15 is 0 Å². The fraction of sp³-hybridized carbons (Fsp3) is 0.438. The van der Waals surface area contributed by atoms with Gasteiger partial charge in [-0.2, -0.15) is 0 Å². The van der Waals surface area contributed by atoms with Gasteiger partial charge in [0.2, 0.25) is 5.91 Å². The number of esters is 1. The normalized spacial score (nSPS) is 11.5. The standard InChI is InChI=1S/C16H21ClN2O4S/c1-3-8-18-16(22)11(2)23-15(21)10-24-9-14(20)19-13-6-4-12(17)5-7-13/h4-7,11H,3,8-10H2,1-2H3,(H,18,22)(H,19,20)/t11-/m1/s1. The van der Waals surface area contributed by atoms with E-state index in [4.69, 9.17) is 16.3 Å². The molecule has 0 saturated heterocycles. The van der Waals surface area contributed by atoms with Gasteiger partial charge in [0.25, 0.3) is 5.91 Å². The molecule has 2 N–H and O–H groups in total. The second-order valence-corrected chi connectivity index (χ2v) is 6.39. The molecule has 0 aliphatic carbocycles. The van der Waals surface area contributed by atoms with Crippen LogP contribution in [-0.4, -0.2) is 41.9 Å². The molecule has 0 saturated carbocycles. The first-order valence-electron chi connectivity index (χ1n) is 7.52. The summed E-state index contributed by atoms with van der Waals surface area (Å²) in [5, 5.41) is 5.92.